The molecule has 9 rings (SSSR count). The van der Waals surface area contributed by atoms with E-state index in [0.717, 1.165) is 0 Å². The van der Waals surface area contributed by atoms with Gasteiger partial charge in [-0.3, -0.25) is 0 Å². The number of carbonyl (C=O) groups is 4. The molecule has 4 aromatic carbocycles. The summed E-state index contributed by atoms with van der Waals surface area (Å²) in [5.41, 5.74) is 8.39. The van der Waals surface area contributed by atoms with Crippen LogP contribution < -0.4 is 30.4 Å². The first-order valence-electron chi connectivity index (χ1n) is 18.4. The van der Waals surface area contributed by atoms with E-state index in [9.17, 15) is 39.6 Å². The van der Waals surface area contributed by atoms with Crippen molar-refractivity contribution in [1.29, 1.82) is 0 Å². The minimum absolute atomic E-state index is 0. The zero-order chi connectivity index (χ0) is 41.7. The maximum Gasteiger partial charge on any atom is 3.00 e. The van der Waals surface area contributed by atoms with Gasteiger partial charge >= 0.3 is 17.1 Å². The summed E-state index contributed by atoms with van der Waals surface area (Å²) in [6.07, 6.45) is 7.20. The van der Waals surface area contributed by atoms with E-state index in [1.54, 1.807) is 97.1 Å². The standard InChI is InChI=1S/C48H30N4O8.Mn/c53-45(54)29-9-1-25(2-10-29)41-33-17-19-35(49-33)42(26-3-11-30(12-4-26)46(55)56)37-21-23-39(51-37)44(28-7-15-32(16-8-28)48(59)60)40-24-22-38(52-40)43(36-20-18-34(41)50-36)27-5-13-31(14-6-27)47(57)58;/h1-24H,(H6,49,50,51,52,53,54,55,56,57,58,59,60);/q;+3/p-6. The van der Waals surface area contributed by atoms with E-state index in [2.05, 4.69) is 0 Å². The molecule has 8 bridgehead atoms. The van der Waals surface area contributed by atoms with Crippen molar-refractivity contribution in [2.24, 2.45) is 0 Å². The van der Waals surface area contributed by atoms with Crippen molar-refractivity contribution in [3.05, 3.63) is 166 Å². The second-order valence-corrected chi connectivity index (χ2v) is 13.8. The van der Waals surface area contributed by atoms with Gasteiger partial charge in [0.15, 0.2) is 0 Å². The van der Waals surface area contributed by atoms with Crippen LogP contribution in [0.3, 0.4) is 0 Å². The molecule has 0 amide bonds. The molecule has 0 N–H and O–H groups in total. The number of hydrogen-bond donors (Lipinski definition) is 0. The van der Waals surface area contributed by atoms with Crippen LogP contribution in [-0.4, -0.2) is 33.8 Å². The van der Waals surface area contributed by atoms with Crippen LogP contribution in [0.15, 0.2) is 121 Å². The minimum atomic E-state index is -1.34. The molecular weight excluding hydrogens is 815 g/mol. The molecule has 61 heavy (non-hydrogen) atoms. The number of carboxylic acid groups (broad SMARTS) is 4. The molecule has 294 valence electrons. The third kappa shape index (κ3) is 7.42. The minimum Gasteiger partial charge on any atom is -0.657 e. The summed E-state index contributed by atoms with van der Waals surface area (Å²) in [7, 11) is 0. The Morgan fingerprint density at radius 2 is 0.525 bits per heavy atom. The Morgan fingerprint density at radius 1 is 0.328 bits per heavy atom. The first-order chi connectivity index (χ1) is 29.0. The number of benzene rings is 4. The number of nitrogens with zero attached hydrogens (tertiary/aromatic N) is 4. The SMILES string of the molecule is O=C([O-])c1ccc(-c2c3nc(c(-c4ccc(C(=O)[O-])cc4)c4ccc([n-]4)c(-c4ccc(C(=O)[O-])cc4)c4nc(c(-c5ccc(C(=O)[O-])cc5)c5ccc2[n-]5)C=C4)C=C3)cc1.[Mn+3]. The van der Waals surface area contributed by atoms with Crippen molar-refractivity contribution in [3.63, 3.8) is 0 Å². The summed E-state index contributed by atoms with van der Waals surface area (Å²) < 4.78 is 0. The molecule has 13 heteroatoms. The average Bonchev–Trinajstić information content (AvgIpc) is 4.10. The molecule has 0 saturated carbocycles. The number of carbonyl (C=O) groups excluding carboxylic acids is 4. The Balaban J connectivity index is 0.00000514. The number of aromatic nitrogens is 4. The maximum atomic E-state index is 11.7. The number of carboxylic acids is 4. The number of fused-ring (bicyclic) bond motifs is 8. The van der Waals surface area contributed by atoms with Crippen molar-refractivity contribution in [2.45, 2.75) is 0 Å². The molecule has 2 aliphatic heterocycles. The predicted molar refractivity (Wildman–Crippen MR) is 216 cm³/mol. The monoisotopic (exact) mass is 839 g/mol. The number of hydrogen-bond acceptors (Lipinski definition) is 10. The summed E-state index contributed by atoms with van der Waals surface area (Å²) in [5, 5.41) is 46.8. The van der Waals surface area contributed by atoms with Crippen LogP contribution in [0.2, 0.25) is 0 Å². The molecule has 0 unspecified atom stereocenters. The van der Waals surface area contributed by atoms with Gasteiger partial charge in [-0.05, 0) is 91.1 Å². The quantitative estimate of drug-likeness (QED) is 0.198. The molecule has 7 aromatic rings. The van der Waals surface area contributed by atoms with E-state index in [4.69, 9.17) is 19.9 Å². The van der Waals surface area contributed by atoms with Gasteiger partial charge in [0.2, 0.25) is 0 Å². The summed E-state index contributed by atoms with van der Waals surface area (Å²) >= 11 is 0. The topological polar surface area (TPSA) is 214 Å². The number of rotatable bonds is 8. The summed E-state index contributed by atoms with van der Waals surface area (Å²) in [5.74, 6) is -5.34. The van der Waals surface area contributed by atoms with Gasteiger partial charge in [0.1, 0.15) is 0 Å². The zero-order valence-corrected chi connectivity index (χ0v) is 32.5. The third-order valence-corrected chi connectivity index (χ3v) is 10.2. The molecule has 0 radical (unpaired) electrons. The molecule has 0 saturated heterocycles. The van der Waals surface area contributed by atoms with Crippen molar-refractivity contribution >= 4 is 70.2 Å². The van der Waals surface area contributed by atoms with Gasteiger partial charge in [0, 0.05) is 0 Å². The van der Waals surface area contributed by atoms with Gasteiger partial charge in [-0.2, -0.15) is 0 Å². The Labute approximate surface area is 356 Å². The van der Waals surface area contributed by atoms with Gasteiger partial charge in [0.05, 0.1) is 46.7 Å². The van der Waals surface area contributed by atoms with Gasteiger partial charge < -0.3 is 49.6 Å². The van der Waals surface area contributed by atoms with Crippen molar-refractivity contribution < 1.29 is 56.7 Å². The normalized spacial score (nSPS) is 11.5. The zero-order valence-electron chi connectivity index (χ0n) is 31.3. The predicted octanol–water partition coefficient (Wildman–Crippen LogP) is 4.03. The Kier molecular flexibility index (Phi) is 10.4. The molecule has 0 spiro atoms. The molecule has 3 aromatic heterocycles. The van der Waals surface area contributed by atoms with E-state index in [1.807, 2.05) is 0 Å². The Morgan fingerprint density at radius 3 is 0.705 bits per heavy atom. The average molecular weight is 840 g/mol. The molecule has 0 aliphatic carbocycles. The number of aromatic carboxylic acids is 4. The largest absolute Gasteiger partial charge is 3.00 e. The van der Waals surface area contributed by atoms with Gasteiger partial charge in [-0.1, -0.05) is 121 Å². The molecule has 0 atom stereocenters. The molecular formula is C48H24MnN4O8-3. The summed E-state index contributed by atoms with van der Waals surface area (Å²) in [4.78, 5) is 67.2. The summed E-state index contributed by atoms with van der Waals surface area (Å²) in [6.45, 7) is 0. The molecule has 0 fully saturated rings. The third-order valence-electron chi connectivity index (χ3n) is 10.2. The van der Waals surface area contributed by atoms with E-state index < -0.39 is 23.9 Å². The first kappa shape index (κ1) is 39.7. The Bertz CT molecular complexity index is 2760. The first-order valence-corrected chi connectivity index (χ1v) is 18.4. The Hall–Kier alpha value is -8.12. The van der Waals surface area contributed by atoms with Crippen LogP contribution in [0.1, 0.15) is 64.2 Å². The van der Waals surface area contributed by atoms with Gasteiger partial charge in [-0.15, -0.1) is 22.1 Å². The van der Waals surface area contributed by atoms with Gasteiger partial charge in [0.25, 0.3) is 0 Å². The maximum absolute atomic E-state index is 11.7. The second kappa shape index (κ2) is 15.9. The van der Waals surface area contributed by atoms with Gasteiger partial charge in [-0.25, -0.2) is 9.97 Å². The van der Waals surface area contributed by atoms with Crippen LogP contribution in [0.4, 0.5) is 0 Å². The van der Waals surface area contributed by atoms with E-state index in [1.165, 1.54) is 48.5 Å². The van der Waals surface area contributed by atoms with Crippen molar-refractivity contribution in [3.8, 4) is 44.5 Å². The second-order valence-electron chi connectivity index (χ2n) is 13.8. The van der Waals surface area contributed by atoms with Crippen LogP contribution >= 0.6 is 0 Å². The van der Waals surface area contributed by atoms with Crippen molar-refractivity contribution in [2.75, 3.05) is 0 Å². The van der Waals surface area contributed by atoms with Crippen molar-refractivity contribution in [1.82, 2.24) is 19.9 Å². The van der Waals surface area contributed by atoms with E-state index in [-0.39, 0.29) is 39.3 Å². The van der Waals surface area contributed by atoms with Crippen LogP contribution in [0, 0.1) is 0 Å². The molecule has 12 nitrogen and oxygen atoms in total. The van der Waals surface area contributed by atoms with E-state index in [0.29, 0.717) is 89.4 Å². The fourth-order valence-corrected chi connectivity index (χ4v) is 7.36. The smallest absolute Gasteiger partial charge is 0.657 e. The van der Waals surface area contributed by atoms with Crippen LogP contribution in [0.5, 0.6) is 0 Å². The summed E-state index contributed by atoms with van der Waals surface area (Å²) in [6, 6.07) is 31.8. The van der Waals surface area contributed by atoms with E-state index >= 15 is 0 Å². The molecule has 5 heterocycles. The molecule has 2 aliphatic rings. The fourth-order valence-electron chi connectivity index (χ4n) is 7.36. The van der Waals surface area contributed by atoms with Crippen LogP contribution in [-0.2, 0) is 17.1 Å². The fraction of sp³-hybridized carbons (Fsp3) is 0. The van der Waals surface area contributed by atoms with Crippen LogP contribution in [0.25, 0.3) is 90.9 Å².